The van der Waals surface area contributed by atoms with Crippen LogP contribution in [-0.2, 0) is 4.74 Å². The molecule has 21 heavy (non-hydrogen) atoms. The maximum Gasteiger partial charge on any atom is 0.248 e. The fourth-order valence-electron chi connectivity index (χ4n) is 5.02. The van der Waals surface area contributed by atoms with Crippen LogP contribution in [0.1, 0.15) is 64.2 Å². The molecule has 1 saturated heterocycles. The molecule has 2 unspecified atom stereocenters. The molecule has 0 aromatic rings. The number of nitrogens with one attached hydrogen (secondary N) is 1. The van der Waals surface area contributed by atoms with E-state index in [0.717, 1.165) is 19.4 Å². The lowest BCUT2D eigenvalue weighted by Gasteiger charge is -2.44. The van der Waals surface area contributed by atoms with E-state index in [1.165, 1.54) is 25.7 Å². The van der Waals surface area contributed by atoms with Gasteiger partial charge in [-0.15, -0.1) is 0 Å². The number of hydrogen-bond acceptors (Lipinski definition) is 2. The Bertz CT molecular complexity index is 345. The topological polar surface area (TPSA) is 21.3 Å². The van der Waals surface area contributed by atoms with Gasteiger partial charge in [-0.2, -0.15) is 0 Å². The van der Waals surface area contributed by atoms with E-state index in [0.29, 0.717) is 30.7 Å². The van der Waals surface area contributed by atoms with Crippen molar-refractivity contribution in [2.24, 2.45) is 11.8 Å². The van der Waals surface area contributed by atoms with Gasteiger partial charge in [0.05, 0.1) is 5.60 Å². The zero-order valence-corrected chi connectivity index (χ0v) is 13.2. The first-order valence-electron chi connectivity index (χ1n) is 8.73. The van der Waals surface area contributed by atoms with Gasteiger partial charge >= 0.3 is 0 Å². The third-order valence-corrected chi connectivity index (χ3v) is 6.16. The van der Waals surface area contributed by atoms with Crippen LogP contribution in [0.25, 0.3) is 0 Å². The Hall–Kier alpha value is -0.220. The van der Waals surface area contributed by atoms with E-state index in [9.17, 15) is 8.78 Å². The summed E-state index contributed by atoms with van der Waals surface area (Å²) in [6.45, 7) is 0.853. The molecule has 2 aliphatic carbocycles. The minimum atomic E-state index is -2.42. The monoisotopic (exact) mass is 301 g/mol. The van der Waals surface area contributed by atoms with Crippen molar-refractivity contribution in [1.82, 2.24) is 5.32 Å². The van der Waals surface area contributed by atoms with Crippen molar-refractivity contribution in [3.63, 3.8) is 0 Å². The Labute approximate surface area is 127 Å². The van der Waals surface area contributed by atoms with Crippen LogP contribution in [0.2, 0.25) is 0 Å². The van der Waals surface area contributed by atoms with Gasteiger partial charge in [0.2, 0.25) is 5.92 Å². The van der Waals surface area contributed by atoms with Crippen molar-refractivity contribution >= 4 is 0 Å². The predicted octanol–water partition coefficient (Wildman–Crippen LogP) is 4.14. The molecule has 4 heteroatoms. The Balaban J connectivity index is 1.63. The standard InChI is InChI=1S/C17H29F2NO/c1-20-15(13-4-9-17(18,19)10-5-13)14-6-11-21-16(12-14)7-2-3-8-16/h13-15,20H,2-12H2,1H3. The second-order valence-corrected chi connectivity index (χ2v) is 7.50. The second-order valence-electron chi connectivity index (χ2n) is 7.50. The van der Waals surface area contributed by atoms with Gasteiger partial charge in [-0.25, -0.2) is 8.78 Å². The first-order chi connectivity index (χ1) is 10.0. The van der Waals surface area contributed by atoms with Gasteiger partial charge in [0.1, 0.15) is 0 Å². The Morgan fingerprint density at radius 2 is 1.67 bits per heavy atom. The second kappa shape index (κ2) is 6.11. The third-order valence-electron chi connectivity index (χ3n) is 6.16. The van der Waals surface area contributed by atoms with E-state index in [4.69, 9.17) is 4.74 Å². The van der Waals surface area contributed by atoms with Crippen molar-refractivity contribution in [3.05, 3.63) is 0 Å². The van der Waals surface area contributed by atoms with E-state index in [-0.39, 0.29) is 18.4 Å². The molecule has 1 heterocycles. The molecule has 2 saturated carbocycles. The molecular weight excluding hydrogens is 272 g/mol. The summed E-state index contributed by atoms with van der Waals surface area (Å²) in [6, 6.07) is 0.391. The van der Waals surface area contributed by atoms with E-state index < -0.39 is 5.92 Å². The van der Waals surface area contributed by atoms with Gasteiger partial charge in [0, 0.05) is 25.5 Å². The van der Waals surface area contributed by atoms with Crippen molar-refractivity contribution in [2.75, 3.05) is 13.7 Å². The Morgan fingerprint density at radius 3 is 2.29 bits per heavy atom. The molecule has 2 atom stereocenters. The van der Waals surface area contributed by atoms with Gasteiger partial charge in [-0.3, -0.25) is 0 Å². The largest absolute Gasteiger partial charge is 0.375 e. The Morgan fingerprint density at radius 1 is 1.00 bits per heavy atom. The Kier molecular flexibility index (Phi) is 4.56. The molecule has 2 nitrogen and oxygen atoms in total. The maximum atomic E-state index is 13.4. The average molecular weight is 301 g/mol. The quantitative estimate of drug-likeness (QED) is 0.846. The first-order valence-corrected chi connectivity index (χ1v) is 8.73. The maximum absolute atomic E-state index is 13.4. The van der Waals surface area contributed by atoms with Gasteiger partial charge < -0.3 is 10.1 Å². The van der Waals surface area contributed by atoms with Gasteiger partial charge in [-0.1, -0.05) is 12.8 Å². The number of hydrogen-bond donors (Lipinski definition) is 1. The van der Waals surface area contributed by atoms with Crippen LogP contribution in [-0.4, -0.2) is 31.2 Å². The molecule has 1 spiro atoms. The SMILES string of the molecule is CNC(C1CCC(F)(F)CC1)C1CCOC2(CCCC2)C1. The van der Waals surface area contributed by atoms with Gasteiger partial charge in [-0.05, 0) is 57.4 Å². The van der Waals surface area contributed by atoms with E-state index in [2.05, 4.69) is 5.32 Å². The molecule has 122 valence electrons. The third kappa shape index (κ3) is 3.42. The fourth-order valence-corrected chi connectivity index (χ4v) is 5.02. The van der Waals surface area contributed by atoms with E-state index >= 15 is 0 Å². The van der Waals surface area contributed by atoms with Crippen LogP contribution in [0.5, 0.6) is 0 Å². The summed E-state index contributed by atoms with van der Waals surface area (Å²) in [5.41, 5.74) is 0.122. The molecule has 0 bridgehead atoms. The van der Waals surface area contributed by atoms with E-state index in [1.807, 2.05) is 7.05 Å². The van der Waals surface area contributed by atoms with Crippen molar-refractivity contribution in [1.29, 1.82) is 0 Å². The fraction of sp³-hybridized carbons (Fsp3) is 1.00. The lowest BCUT2D eigenvalue weighted by molar-refractivity contribution is -0.106. The first kappa shape index (κ1) is 15.7. The predicted molar refractivity (Wildman–Crippen MR) is 79.6 cm³/mol. The highest BCUT2D eigenvalue weighted by molar-refractivity contribution is 4.96. The minimum Gasteiger partial charge on any atom is -0.375 e. The lowest BCUT2D eigenvalue weighted by atomic mass is 9.72. The zero-order chi connectivity index (χ0) is 14.9. The van der Waals surface area contributed by atoms with E-state index in [1.54, 1.807) is 0 Å². The molecule has 3 rings (SSSR count). The van der Waals surface area contributed by atoms with Crippen molar-refractivity contribution < 1.29 is 13.5 Å². The van der Waals surface area contributed by atoms with Crippen LogP contribution in [0.4, 0.5) is 8.78 Å². The highest BCUT2D eigenvalue weighted by Gasteiger charge is 2.45. The summed E-state index contributed by atoms with van der Waals surface area (Å²) >= 11 is 0. The molecular formula is C17H29F2NO. The summed E-state index contributed by atoms with van der Waals surface area (Å²) in [5, 5.41) is 3.47. The molecule has 0 aromatic heterocycles. The van der Waals surface area contributed by atoms with Crippen molar-refractivity contribution in [3.8, 4) is 0 Å². The number of alkyl halides is 2. The highest BCUT2D eigenvalue weighted by atomic mass is 19.3. The van der Waals surface area contributed by atoms with Crippen LogP contribution in [0, 0.1) is 11.8 Å². The van der Waals surface area contributed by atoms with Gasteiger partial charge in [0.25, 0.3) is 0 Å². The molecule has 3 aliphatic rings. The molecule has 3 fully saturated rings. The molecule has 0 aromatic carbocycles. The molecule has 1 N–H and O–H groups in total. The van der Waals surface area contributed by atoms with Crippen LogP contribution >= 0.6 is 0 Å². The highest BCUT2D eigenvalue weighted by Crippen LogP contribution is 2.46. The zero-order valence-electron chi connectivity index (χ0n) is 13.2. The number of halogens is 2. The average Bonchev–Trinajstić information content (AvgIpc) is 2.89. The summed E-state index contributed by atoms with van der Waals surface area (Å²) in [6.07, 6.45) is 8.66. The van der Waals surface area contributed by atoms with Crippen LogP contribution in [0.15, 0.2) is 0 Å². The summed E-state index contributed by atoms with van der Waals surface area (Å²) < 4.78 is 32.9. The number of ether oxygens (including phenoxy) is 1. The molecule has 1 aliphatic heterocycles. The summed E-state index contributed by atoms with van der Waals surface area (Å²) in [4.78, 5) is 0. The molecule has 0 radical (unpaired) electrons. The lowest BCUT2D eigenvalue weighted by Crippen LogP contribution is -2.49. The van der Waals surface area contributed by atoms with Gasteiger partial charge in [0.15, 0.2) is 0 Å². The van der Waals surface area contributed by atoms with Crippen LogP contribution < -0.4 is 5.32 Å². The summed E-state index contributed by atoms with van der Waals surface area (Å²) in [7, 11) is 2.01. The molecule has 0 amide bonds. The van der Waals surface area contributed by atoms with Crippen LogP contribution in [0.3, 0.4) is 0 Å². The van der Waals surface area contributed by atoms with Crippen molar-refractivity contribution in [2.45, 2.75) is 81.8 Å². The smallest absolute Gasteiger partial charge is 0.248 e. The summed E-state index contributed by atoms with van der Waals surface area (Å²) in [5.74, 6) is -1.41. The minimum absolute atomic E-state index is 0.0736. The number of rotatable bonds is 3. The normalized spacial score (nSPS) is 34.1.